The molecule has 0 N–H and O–H groups in total. The van der Waals surface area contributed by atoms with Crippen molar-refractivity contribution in [2.45, 2.75) is 46.0 Å². The lowest BCUT2D eigenvalue weighted by Crippen LogP contribution is -2.32. The number of aliphatic imine (C=N–C) groups is 1. The fraction of sp³-hybridized carbons (Fsp3) is 0.643. The Kier molecular flexibility index (Phi) is 6.62. The first-order chi connectivity index (χ1) is 7.88. The first kappa shape index (κ1) is 13.0. The van der Waals surface area contributed by atoms with Gasteiger partial charge in [0.25, 0.3) is 0 Å². The highest BCUT2D eigenvalue weighted by molar-refractivity contribution is 5.84. The van der Waals surface area contributed by atoms with E-state index < -0.39 is 0 Å². The van der Waals surface area contributed by atoms with Crippen molar-refractivity contribution < 1.29 is 0 Å². The summed E-state index contributed by atoms with van der Waals surface area (Å²) in [7, 11) is 0. The maximum atomic E-state index is 4.53. The summed E-state index contributed by atoms with van der Waals surface area (Å²) in [5.41, 5.74) is 0. The van der Waals surface area contributed by atoms with Crippen molar-refractivity contribution in [1.29, 1.82) is 0 Å². The van der Waals surface area contributed by atoms with Gasteiger partial charge in [0.15, 0.2) is 0 Å². The van der Waals surface area contributed by atoms with Crippen LogP contribution in [0.2, 0.25) is 0 Å². The Bertz CT molecular complexity index is 256. The van der Waals surface area contributed by atoms with Gasteiger partial charge in [0.2, 0.25) is 0 Å². The van der Waals surface area contributed by atoms with E-state index in [4.69, 9.17) is 0 Å². The van der Waals surface area contributed by atoms with Gasteiger partial charge in [-0.2, -0.15) is 0 Å². The summed E-state index contributed by atoms with van der Waals surface area (Å²) in [5, 5.41) is 0. The monoisotopic (exact) mass is 220 g/mol. The maximum absolute atomic E-state index is 4.53. The van der Waals surface area contributed by atoms with Crippen LogP contribution in [0.4, 0.5) is 0 Å². The van der Waals surface area contributed by atoms with Gasteiger partial charge in [0.1, 0.15) is 5.84 Å². The van der Waals surface area contributed by atoms with Crippen molar-refractivity contribution in [3.63, 3.8) is 0 Å². The highest BCUT2D eigenvalue weighted by Crippen LogP contribution is 2.07. The van der Waals surface area contributed by atoms with E-state index in [-0.39, 0.29) is 0 Å². The van der Waals surface area contributed by atoms with Gasteiger partial charge in [-0.15, -0.1) is 0 Å². The van der Waals surface area contributed by atoms with Crippen molar-refractivity contribution in [2.75, 3.05) is 13.1 Å². The van der Waals surface area contributed by atoms with E-state index in [0.29, 0.717) is 0 Å². The predicted octanol–water partition coefficient (Wildman–Crippen LogP) is 3.76. The van der Waals surface area contributed by atoms with Crippen molar-refractivity contribution in [3.8, 4) is 0 Å². The van der Waals surface area contributed by atoms with Gasteiger partial charge < -0.3 is 4.90 Å². The van der Waals surface area contributed by atoms with E-state index in [1.165, 1.54) is 31.5 Å². The van der Waals surface area contributed by atoms with E-state index in [2.05, 4.69) is 35.9 Å². The summed E-state index contributed by atoms with van der Waals surface area (Å²) in [6, 6.07) is 0. The zero-order chi connectivity index (χ0) is 11.6. The van der Waals surface area contributed by atoms with Gasteiger partial charge in [0, 0.05) is 25.7 Å². The van der Waals surface area contributed by atoms with Crippen LogP contribution in [0.3, 0.4) is 0 Å². The summed E-state index contributed by atoms with van der Waals surface area (Å²) in [5.74, 6) is 1.23. The Labute approximate surface area is 99.8 Å². The van der Waals surface area contributed by atoms with Gasteiger partial charge in [0.05, 0.1) is 0 Å². The molecule has 2 heteroatoms. The second-order valence-corrected chi connectivity index (χ2v) is 4.21. The molecule has 2 nitrogen and oxygen atoms in total. The Hall–Kier alpha value is -1.05. The minimum Gasteiger partial charge on any atom is -0.360 e. The molecule has 1 aliphatic rings. The van der Waals surface area contributed by atoms with Gasteiger partial charge in [-0.05, 0) is 18.9 Å². The molecule has 0 unspecified atom stereocenters. The molecule has 0 bridgehead atoms. The fourth-order valence-corrected chi connectivity index (χ4v) is 1.76. The zero-order valence-electron chi connectivity index (χ0n) is 10.7. The molecule has 0 aromatic heterocycles. The zero-order valence-corrected chi connectivity index (χ0v) is 10.7. The topological polar surface area (TPSA) is 15.6 Å². The van der Waals surface area contributed by atoms with Gasteiger partial charge >= 0.3 is 0 Å². The smallest absolute Gasteiger partial charge is 0.108 e. The standard InChI is InChI=1S/C14H24N2/c1-3-5-12-16(13-6-4-2)14-10-8-7-9-11-15-14/h7-9,11H,3-6,10,12-13H2,1-2H3. The molecular weight excluding hydrogens is 196 g/mol. The van der Waals surface area contributed by atoms with Gasteiger partial charge in [-0.25, -0.2) is 4.99 Å². The van der Waals surface area contributed by atoms with Crippen LogP contribution >= 0.6 is 0 Å². The van der Waals surface area contributed by atoms with Crippen LogP contribution in [0.15, 0.2) is 29.4 Å². The fourth-order valence-electron chi connectivity index (χ4n) is 1.76. The molecule has 1 rings (SSSR count). The van der Waals surface area contributed by atoms with E-state index >= 15 is 0 Å². The molecule has 0 saturated heterocycles. The third-order valence-corrected chi connectivity index (χ3v) is 2.79. The quantitative estimate of drug-likeness (QED) is 0.665. The van der Waals surface area contributed by atoms with Crippen LogP contribution in [-0.2, 0) is 0 Å². The molecule has 1 aliphatic heterocycles. The number of rotatable bonds is 6. The molecule has 0 aromatic carbocycles. The lowest BCUT2D eigenvalue weighted by Gasteiger charge is -2.25. The third kappa shape index (κ3) is 4.65. The van der Waals surface area contributed by atoms with Crippen LogP contribution in [-0.4, -0.2) is 23.8 Å². The SMILES string of the molecule is CCCCN(CCCC)C1=NC=CC=CC1. The van der Waals surface area contributed by atoms with Crippen LogP contribution in [0.25, 0.3) is 0 Å². The molecule has 16 heavy (non-hydrogen) atoms. The molecule has 1 heterocycles. The highest BCUT2D eigenvalue weighted by atomic mass is 15.2. The first-order valence-corrected chi connectivity index (χ1v) is 6.51. The molecule has 0 spiro atoms. The molecule has 0 aliphatic carbocycles. The normalized spacial score (nSPS) is 14.8. The second-order valence-electron chi connectivity index (χ2n) is 4.21. The summed E-state index contributed by atoms with van der Waals surface area (Å²) in [4.78, 5) is 6.98. The summed E-state index contributed by atoms with van der Waals surface area (Å²) >= 11 is 0. The van der Waals surface area contributed by atoms with E-state index in [9.17, 15) is 0 Å². The molecular formula is C14H24N2. The average Bonchev–Trinajstić information content (AvgIpc) is 2.58. The minimum atomic E-state index is 0.973. The van der Waals surface area contributed by atoms with Crippen molar-refractivity contribution >= 4 is 5.84 Å². The summed E-state index contributed by atoms with van der Waals surface area (Å²) in [6.07, 6.45) is 14.2. The largest absolute Gasteiger partial charge is 0.360 e. The molecule has 0 aromatic rings. The van der Waals surface area contributed by atoms with E-state index in [1.54, 1.807) is 0 Å². The first-order valence-electron chi connectivity index (χ1n) is 6.51. The number of nitrogens with zero attached hydrogens (tertiary/aromatic N) is 2. The van der Waals surface area contributed by atoms with Gasteiger partial charge in [-0.1, -0.05) is 38.8 Å². The third-order valence-electron chi connectivity index (χ3n) is 2.79. The summed E-state index contributed by atoms with van der Waals surface area (Å²) < 4.78 is 0. The van der Waals surface area contributed by atoms with E-state index in [1.807, 2.05) is 12.3 Å². The Morgan fingerprint density at radius 3 is 2.44 bits per heavy atom. The molecule has 0 atom stereocenters. The number of allylic oxidation sites excluding steroid dienone is 2. The Balaban J connectivity index is 2.55. The van der Waals surface area contributed by atoms with Crippen LogP contribution in [0.1, 0.15) is 46.0 Å². The van der Waals surface area contributed by atoms with Crippen LogP contribution in [0, 0.1) is 0 Å². The van der Waals surface area contributed by atoms with Crippen LogP contribution < -0.4 is 0 Å². The van der Waals surface area contributed by atoms with Gasteiger partial charge in [-0.3, -0.25) is 0 Å². The van der Waals surface area contributed by atoms with E-state index in [0.717, 1.165) is 19.5 Å². The van der Waals surface area contributed by atoms with Crippen molar-refractivity contribution in [1.82, 2.24) is 4.90 Å². The predicted molar refractivity (Wildman–Crippen MR) is 71.7 cm³/mol. The van der Waals surface area contributed by atoms with Crippen molar-refractivity contribution in [2.24, 2.45) is 4.99 Å². The molecule has 0 fully saturated rings. The maximum Gasteiger partial charge on any atom is 0.108 e. The second kappa shape index (κ2) is 8.14. The molecule has 90 valence electrons. The number of hydrogen-bond donors (Lipinski definition) is 0. The number of amidine groups is 1. The number of hydrogen-bond acceptors (Lipinski definition) is 2. The highest BCUT2D eigenvalue weighted by Gasteiger charge is 2.09. The Morgan fingerprint density at radius 2 is 1.81 bits per heavy atom. The Morgan fingerprint density at radius 1 is 1.12 bits per heavy atom. The number of unbranched alkanes of at least 4 members (excludes halogenated alkanes) is 2. The molecule has 0 radical (unpaired) electrons. The van der Waals surface area contributed by atoms with Crippen LogP contribution in [0.5, 0.6) is 0 Å². The minimum absolute atomic E-state index is 0.973. The molecule has 0 saturated carbocycles. The summed E-state index contributed by atoms with van der Waals surface area (Å²) in [6.45, 7) is 6.79. The average molecular weight is 220 g/mol. The lowest BCUT2D eigenvalue weighted by molar-refractivity contribution is 0.393. The van der Waals surface area contributed by atoms with Crippen molar-refractivity contribution in [3.05, 3.63) is 24.4 Å². The molecule has 0 amide bonds. The lowest BCUT2D eigenvalue weighted by atomic mass is 10.2.